The summed E-state index contributed by atoms with van der Waals surface area (Å²) in [5, 5.41) is 15.3. The van der Waals surface area contributed by atoms with Crippen LogP contribution in [0.25, 0.3) is 0 Å². The normalized spacial score (nSPS) is 14.5. The van der Waals surface area contributed by atoms with Crippen LogP contribution in [-0.4, -0.2) is 30.0 Å². The van der Waals surface area contributed by atoms with Gasteiger partial charge in [0.1, 0.15) is 6.07 Å². The van der Waals surface area contributed by atoms with Crippen LogP contribution >= 0.6 is 0 Å². The fraction of sp³-hybridized carbons (Fsp3) is 0.350. The zero-order valence-corrected chi connectivity index (χ0v) is 14.9. The fourth-order valence-corrected chi connectivity index (χ4v) is 3.17. The van der Waals surface area contributed by atoms with Crippen LogP contribution in [0.5, 0.6) is 0 Å². The summed E-state index contributed by atoms with van der Waals surface area (Å²) in [6, 6.07) is 11.6. The molecule has 2 aromatic rings. The van der Waals surface area contributed by atoms with E-state index in [9.17, 15) is 4.79 Å². The molecule has 1 aliphatic heterocycles. The molecule has 0 radical (unpaired) electrons. The summed E-state index contributed by atoms with van der Waals surface area (Å²) in [4.78, 5) is 18.7. The number of carbonyl (C=O) groups excluding carboxylic acids is 1. The van der Waals surface area contributed by atoms with Crippen molar-refractivity contribution in [2.45, 2.75) is 32.2 Å². The lowest BCUT2D eigenvalue weighted by Gasteiger charge is -2.19. The van der Waals surface area contributed by atoms with Crippen molar-refractivity contribution in [2.24, 2.45) is 0 Å². The van der Waals surface area contributed by atoms with Crippen molar-refractivity contribution in [1.82, 2.24) is 4.98 Å². The highest BCUT2D eigenvalue weighted by Gasteiger charge is 2.14. The number of amides is 1. The number of nitrogens with one attached hydrogen (secondary N) is 2. The van der Waals surface area contributed by atoms with E-state index in [4.69, 9.17) is 5.26 Å². The van der Waals surface area contributed by atoms with Crippen LogP contribution in [0.1, 0.15) is 31.7 Å². The Kier molecular flexibility index (Phi) is 5.69. The van der Waals surface area contributed by atoms with Crippen LogP contribution in [0.2, 0.25) is 0 Å². The first-order valence-corrected chi connectivity index (χ1v) is 8.91. The predicted octanol–water partition coefficient (Wildman–Crippen LogP) is 3.38. The van der Waals surface area contributed by atoms with Crippen LogP contribution in [0.15, 0.2) is 42.7 Å². The molecule has 2 heterocycles. The van der Waals surface area contributed by atoms with Gasteiger partial charge < -0.3 is 15.5 Å². The molecule has 2 N–H and O–H groups in total. The maximum absolute atomic E-state index is 12.4. The highest BCUT2D eigenvalue weighted by atomic mass is 16.1. The van der Waals surface area contributed by atoms with Gasteiger partial charge in [0.2, 0.25) is 5.91 Å². The summed E-state index contributed by atoms with van der Waals surface area (Å²) in [7, 11) is 0. The van der Waals surface area contributed by atoms with Crippen molar-refractivity contribution >= 4 is 23.0 Å². The zero-order valence-electron chi connectivity index (χ0n) is 14.9. The van der Waals surface area contributed by atoms with E-state index in [0.717, 1.165) is 24.5 Å². The Hall–Kier alpha value is -3.07. The van der Waals surface area contributed by atoms with E-state index in [1.54, 1.807) is 18.5 Å². The van der Waals surface area contributed by atoms with Gasteiger partial charge in [-0.2, -0.15) is 5.26 Å². The number of anilines is 3. The van der Waals surface area contributed by atoms with Gasteiger partial charge in [-0.3, -0.25) is 9.78 Å². The van der Waals surface area contributed by atoms with Gasteiger partial charge >= 0.3 is 0 Å². The molecule has 0 bridgehead atoms. The molecule has 3 rings (SSSR count). The van der Waals surface area contributed by atoms with Gasteiger partial charge in [0.25, 0.3) is 0 Å². The lowest BCUT2D eigenvalue weighted by Crippen LogP contribution is -2.24. The van der Waals surface area contributed by atoms with Crippen LogP contribution in [0.3, 0.4) is 0 Å². The van der Waals surface area contributed by atoms with Gasteiger partial charge in [-0.1, -0.05) is 6.07 Å². The largest absolute Gasteiger partial charge is 0.380 e. The van der Waals surface area contributed by atoms with Gasteiger partial charge in [-0.05, 0) is 44.0 Å². The maximum Gasteiger partial charge on any atom is 0.226 e. The minimum atomic E-state index is -0.118. The molecule has 1 amide bonds. The highest BCUT2D eigenvalue weighted by molar-refractivity contribution is 5.91. The number of nitriles is 1. The number of carbonyl (C=O) groups is 1. The molecular weight excluding hydrogens is 326 g/mol. The van der Waals surface area contributed by atoms with Crippen LogP contribution in [0.4, 0.5) is 17.1 Å². The number of benzene rings is 1. The number of aromatic nitrogens is 1. The van der Waals surface area contributed by atoms with Crippen molar-refractivity contribution < 1.29 is 4.79 Å². The fourth-order valence-electron chi connectivity index (χ4n) is 3.17. The number of rotatable bonds is 6. The second-order valence-electron chi connectivity index (χ2n) is 6.58. The third-order valence-corrected chi connectivity index (χ3v) is 4.44. The summed E-state index contributed by atoms with van der Waals surface area (Å²) in [5.41, 5.74) is 3.13. The van der Waals surface area contributed by atoms with E-state index in [1.165, 1.54) is 12.8 Å². The molecule has 1 saturated heterocycles. The molecule has 0 spiro atoms. The van der Waals surface area contributed by atoms with Gasteiger partial charge in [0.05, 0.1) is 17.4 Å². The van der Waals surface area contributed by atoms with Crippen molar-refractivity contribution in [3.05, 3.63) is 48.3 Å². The van der Waals surface area contributed by atoms with Crippen LogP contribution in [-0.2, 0) is 4.79 Å². The first-order chi connectivity index (χ1) is 12.7. The van der Waals surface area contributed by atoms with E-state index in [2.05, 4.69) is 32.7 Å². The lowest BCUT2D eigenvalue weighted by atomic mass is 10.1. The van der Waals surface area contributed by atoms with Crippen molar-refractivity contribution in [3.63, 3.8) is 0 Å². The summed E-state index contributed by atoms with van der Waals surface area (Å²) < 4.78 is 0. The standard InChI is InChI=1S/C20H23N5O/c1-15(23-19-14-22-8-7-16(19)13-21)11-20(26)24-17-5-4-6-18(12-17)25-9-2-3-10-25/h4-8,12,14-15,23H,2-3,9-11H2,1H3,(H,24,26)/t15-/m0/s1. The minimum absolute atomic E-state index is 0.0639. The molecule has 6 heteroatoms. The van der Waals surface area contributed by atoms with Gasteiger partial charge in [0, 0.05) is 43.1 Å². The average Bonchev–Trinajstić information content (AvgIpc) is 3.17. The number of hydrogen-bond donors (Lipinski definition) is 2. The van der Waals surface area contributed by atoms with E-state index in [-0.39, 0.29) is 11.9 Å². The Balaban J connectivity index is 1.57. The molecule has 1 aromatic carbocycles. The Bertz CT molecular complexity index is 808. The molecule has 6 nitrogen and oxygen atoms in total. The van der Waals surface area contributed by atoms with E-state index >= 15 is 0 Å². The molecule has 26 heavy (non-hydrogen) atoms. The Morgan fingerprint density at radius 2 is 2.15 bits per heavy atom. The molecule has 1 aliphatic rings. The Morgan fingerprint density at radius 3 is 2.92 bits per heavy atom. The van der Waals surface area contributed by atoms with Gasteiger partial charge in [-0.15, -0.1) is 0 Å². The number of nitrogens with zero attached hydrogens (tertiary/aromatic N) is 3. The molecule has 1 atom stereocenters. The van der Waals surface area contributed by atoms with Gasteiger partial charge in [0.15, 0.2) is 0 Å². The molecule has 1 aromatic heterocycles. The monoisotopic (exact) mass is 349 g/mol. The third-order valence-electron chi connectivity index (χ3n) is 4.44. The summed E-state index contributed by atoms with van der Waals surface area (Å²) in [5.74, 6) is -0.0639. The highest BCUT2D eigenvalue weighted by Crippen LogP contribution is 2.23. The van der Waals surface area contributed by atoms with Crippen LogP contribution < -0.4 is 15.5 Å². The van der Waals surface area contributed by atoms with Crippen LogP contribution in [0, 0.1) is 11.3 Å². The number of pyridine rings is 1. The smallest absolute Gasteiger partial charge is 0.226 e. The average molecular weight is 349 g/mol. The quantitative estimate of drug-likeness (QED) is 0.835. The second-order valence-corrected chi connectivity index (χ2v) is 6.58. The topological polar surface area (TPSA) is 81.1 Å². The van der Waals surface area contributed by atoms with Crippen molar-refractivity contribution in [1.29, 1.82) is 5.26 Å². The molecule has 0 saturated carbocycles. The van der Waals surface area contributed by atoms with Gasteiger partial charge in [-0.25, -0.2) is 0 Å². The molecule has 0 aliphatic carbocycles. The molecular formula is C20H23N5O. The van der Waals surface area contributed by atoms with Crippen molar-refractivity contribution in [3.8, 4) is 6.07 Å². The summed E-state index contributed by atoms with van der Waals surface area (Å²) >= 11 is 0. The van der Waals surface area contributed by atoms with Crippen molar-refractivity contribution in [2.75, 3.05) is 28.6 Å². The van der Waals surface area contributed by atoms with E-state index in [1.807, 2.05) is 25.1 Å². The number of hydrogen-bond acceptors (Lipinski definition) is 5. The van der Waals surface area contributed by atoms with E-state index in [0.29, 0.717) is 17.7 Å². The summed E-state index contributed by atoms with van der Waals surface area (Å²) in [6.45, 7) is 4.06. The Labute approximate surface area is 153 Å². The third kappa shape index (κ3) is 4.51. The first kappa shape index (κ1) is 17.7. The minimum Gasteiger partial charge on any atom is -0.380 e. The molecule has 0 unspecified atom stereocenters. The summed E-state index contributed by atoms with van der Waals surface area (Å²) in [6.07, 6.45) is 5.92. The maximum atomic E-state index is 12.4. The van der Waals surface area contributed by atoms with E-state index < -0.39 is 0 Å². The zero-order chi connectivity index (χ0) is 18.4. The lowest BCUT2D eigenvalue weighted by molar-refractivity contribution is -0.116. The first-order valence-electron chi connectivity index (χ1n) is 8.91. The molecule has 134 valence electrons. The SMILES string of the molecule is C[C@@H](CC(=O)Nc1cccc(N2CCCC2)c1)Nc1cnccc1C#N. The molecule has 1 fully saturated rings. The predicted molar refractivity (Wildman–Crippen MR) is 103 cm³/mol. The second kappa shape index (κ2) is 8.34. The Morgan fingerprint density at radius 1 is 1.35 bits per heavy atom.